The van der Waals surface area contributed by atoms with E-state index in [9.17, 15) is 4.91 Å². The highest BCUT2D eigenvalue weighted by Gasteiger charge is 1.87. The van der Waals surface area contributed by atoms with Crippen molar-refractivity contribution < 1.29 is 4.74 Å². The van der Waals surface area contributed by atoms with E-state index in [1.54, 1.807) is 0 Å². The lowest BCUT2D eigenvalue weighted by atomic mass is 10.5. The van der Waals surface area contributed by atoms with Gasteiger partial charge in [-0.1, -0.05) is 0 Å². The smallest absolute Gasteiger partial charge is 0.179 e. The zero-order valence-corrected chi connectivity index (χ0v) is 4.55. The second-order valence-electron chi connectivity index (χ2n) is 1.47. The third kappa shape index (κ3) is 5.56. The molecule has 0 aromatic rings. The van der Waals surface area contributed by atoms with Gasteiger partial charge in [-0.3, -0.25) is 0 Å². The molecule has 0 heterocycles. The zero-order valence-electron chi connectivity index (χ0n) is 4.55. The topological polar surface area (TPSA) is 38.7 Å². The van der Waals surface area contributed by atoms with Crippen molar-refractivity contribution in [2.24, 2.45) is 5.18 Å². The van der Waals surface area contributed by atoms with E-state index in [-0.39, 0.29) is 12.8 Å². The van der Waals surface area contributed by atoms with Crippen LogP contribution in [0, 0.1) is 4.91 Å². The average molecular weight is 103 g/mol. The maximum absolute atomic E-state index is 9.33. The summed E-state index contributed by atoms with van der Waals surface area (Å²) in [5.41, 5.74) is 0. The Hall–Kier alpha value is -0.440. The molecule has 0 aliphatic rings. The molecule has 0 atom stereocenters. The van der Waals surface area contributed by atoms with Crippen LogP contribution >= 0.6 is 0 Å². The quantitative estimate of drug-likeness (QED) is 0.502. The molecule has 7 heavy (non-hydrogen) atoms. The summed E-state index contributed by atoms with van der Waals surface area (Å²) < 4.78 is 4.71. The van der Waals surface area contributed by atoms with Crippen molar-refractivity contribution >= 4 is 0 Å². The van der Waals surface area contributed by atoms with Crippen LogP contribution in [0.2, 0.25) is 0 Å². The SMILES string of the molecule is CC(C)OCN=O. The zero-order chi connectivity index (χ0) is 5.70. The first-order chi connectivity index (χ1) is 3.27. The number of nitroso groups, excluding NO2 is 1. The molecule has 0 amide bonds. The minimum absolute atomic E-state index is 0.0301. The summed E-state index contributed by atoms with van der Waals surface area (Å²) in [6, 6.07) is 0. The summed E-state index contributed by atoms with van der Waals surface area (Å²) in [5.74, 6) is 0. The molecule has 0 aromatic heterocycles. The molecule has 0 fully saturated rings. The summed E-state index contributed by atoms with van der Waals surface area (Å²) >= 11 is 0. The normalized spacial score (nSPS) is 9.57. The Morgan fingerprint density at radius 3 is 2.43 bits per heavy atom. The molecule has 42 valence electrons. The lowest BCUT2D eigenvalue weighted by molar-refractivity contribution is 0.0847. The maximum atomic E-state index is 9.33. The van der Waals surface area contributed by atoms with E-state index >= 15 is 0 Å². The van der Waals surface area contributed by atoms with Crippen LogP contribution in [0.3, 0.4) is 0 Å². The molecule has 0 radical (unpaired) electrons. The summed E-state index contributed by atoms with van der Waals surface area (Å²) in [5, 5.41) is 2.50. The molecular formula is C4H9NO2. The maximum Gasteiger partial charge on any atom is 0.179 e. The predicted octanol–water partition coefficient (Wildman–Crippen LogP) is 1.14. The van der Waals surface area contributed by atoms with Gasteiger partial charge < -0.3 is 4.74 Å². The second kappa shape index (κ2) is 3.74. The molecule has 0 aliphatic carbocycles. The number of hydrogen-bond donors (Lipinski definition) is 0. The van der Waals surface area contributed by atoms with Crippen molar-refractivity contribution in [3.63, 3.8) is 0 Å². The fourth-order valence-electron chi connectivity index (χ4n) is 0.180. The van der Waals surface area contributed by atoms with Crippen molar-refractivity contribution in [2.45, 2.75) is 20.0 Å². The summed E-state index contributed by atoms with van der Waals surface area (Å²) in [6.45, 7) is 3.67. The van der Waals surface area contributed by atoms with E-state index in [1.165, 1.54) is 0 Å². The summed E-state index contributed by atoms with van der Waals surface area (Å²) in [4.78, 5) is 9.33. The number of ether oxygens (including phenoxy) is 1. The minimum atomic E-state index is -0.0301. The van der Waals surface area contributed by atoms with E-state index in [0.29, 0.717) is 0 Å². The lowest BCUT2D eigenvalue weighted by Gasteiger charge is -1.98. The molecule has 0 aliphatic heterocycles. The number of rotatable bonds is 3. The highest BCUT2D eigenvalue weighted by atomic mass is 16.5. The third-order valence-corrected chi connectivity index (χ3v) is 0.461. The average Bonchev–Trinajstić information content (AvgIpc) is 1.61. The van der Waals surface area contributed by atoms with Crippen molar-refractivity contribution in [1.29, 1.82) is 0 Å². The molecule has 0 bridgehead atoms. The Labute approximate surface area is 42.6 Å². The van der Waals surface area contributed by atoms with Crippen LogP contribution < -0.4 is 0 Å². The van der Waals surface area contributed by atoms with Crippen LogP contribution in [-0.4, -0.2) is 12.8 Å². The Morgan fingerprint density at radius 1 is 1.71 bits per heavy atom. The van der Waals surface area contributed by atoms with Crippen molar-refractivity contribution in [3.05, 3.63) is 4.91 Å². The highest BCUT2D eigenvalue weighted by Crippen LogP contribution is 1.84. The molecule has 0 N–H and O–H groups in total. The lowest BCUT2D eigenvalue weighted by Crippen LogP contribution is -2.00. The van der Waals surface area contributed by atoms with Crippen LogP contribution in [0.5, 0.6) is 0 Å². The van der Waals surface area contributed by atoms with E-state index in [1.807, 2.05) is 13.8 Å². The third-order valence-electron chi connectivity index (χ3n) is 0.461. The Balaban J connectivity index is 2.81. The minimum Gasteiger partial charge on any atom is -0.353 e. The standard InChI is InChI=1S/C4H9NO2/c1-4(2)7-3-5-6/h4H,3H2,1-2H3. The van der Waals surface area contributed by atoms with E-state index in [2.05, 4.69) is 5.18 Å². The predicted molar refractivity (Wildman–Crippen MR) is 26.9 cm³/mol. The molecule has 0 aromatic carbocycles. The molecule has 0 spiro atoms. The van der Waals surface area contributed by atoms with Gasteiger partial charge in [-0.25, -0.2) is 0 Å². The van der Waals surface area contributed by atoms with E-state index in [4.69, 9.17) is 4.74 Å². The highest BCUT2D eigenvalue weighted by molar-refractivity contribution is 4.32. The summed E-state index contributed by atoms with van der Waals surface area (Å²) in [6.07, 6.45) is 0.109. The van der Waals surface area contributed by atoms with Gasteiger partial charge in [0.1, 0.15) is 0 Å². The molecule has 0 saturated carbocycles. The van der Waals surface area contributed by atoms with Gasteiger partial charge in [0.05, 0.1) is 6.10 Å². The van der Waals surface area contributed by atoms with Crippen molar-refractivity contribution in [3.8, 4) is 0 Å². The molecular weight excluding hydrogens is 94.0 g/mol. The fourth-order valence-corrected chi connectivity index (χ4v) is 0.180. The summed E-state index contributed by atoms with van der Waals surface area (Å²) in [7, 11) is 0. The first-order valence-electron chi connectivity index (χ1n) is 2.18. The number of hydrogen-bond acceptors (Lipinski definition) is 3. The van der Waals surface area contributed by atoms with Gasteiger partial charge in [0.15, 0.2) is 6.73 Å². The molecule has 0 rings (SSSR count). The van der Waals surface area contributed by atoms with Crippen molar-refractivity contribution in [1.82, 2.24) is 0 Å². The first-order valence-corrected chi connectivity index (χ1v) is 2.18. The van der Waals surface area contributed by atoms with Gasteiger partial charge in [-0.15, -0.1) is 4.91 Å². The monoisotopic (exact) mass is 103 g/mol. The molecule has 0 saturated heterocycles. The largest absolute Gasteiger partial charge is 0.353 e. The Bertz CT molecular complexity index is 53.7. The van der Waals surface area contributed by atoms with Crippen LogP contribution in [-0.2, 0) is 4.74 Å². The number of nitrogens with zero attached hydrogens (tertiary/aromatic N) is 1. The second-order valence-corrected chi connectivity index (χ2v) is 1.47. The Morgan fingerprint density at radius 2 is 2.29 bits per heavy atom. The van der Waals surface area contributed by atoms with Gasteiger partial charge in [0, 0.05) is 0 Å². The van der Waals surface area contributed by atoms with Gasteiger partial charge in [-0.05, 0) is 19.0 Å². The van der Waals surface area contributed by atoms with E-state index < -0.39 is 0 Å². The van der Waals surface area contributed by atoms with Gasteiger partial charge in [0.25, 0.3) is 0 Å². The first kappa shape index (κ1) is 6.56. The fraction of sp³-hybridized carbons (Fsp3) is 1.00. The van der Waals surface area contributed by atoms with Crippen LogP contribution in [0.25, 0.3) is 0 Å². The van der Waals surface area contributed by atoms with Gasteiger partial charge >= 0.3 is 0 Å². The van der Waals surface area contributed by atoms with Crippen LogP contribution in [0.1, 0.15) is 13.8 Å². The van der Waals surface area contributed by atoms with Gasteiger partial charge in [-0.2, -0.15) is 0 Å². The van der Waals surface area contributed by atoms with Crippen LogP contribution in [0.15, 0.2) is 5.18 Å². The van der Waals surface area contributed by atoms with E-state index in [0.717, 1.165) is 0 Å². The molecule has 3 nitrogen and oxygen atoms in total. The Kier molecular flexibility index (Phi) is 3.50. The van der Waals surface area contributed by atoms with Crippen molar-refractivity contribution in [2.75, 3.05) is 6.73 Å². The molecule has 3 heteroatoms. The van der Waals surface area contributed by atoms with Gasteiger partial charge in [0.2, 0.25) is 0 Å². The van der Waals surface area contributed by atoms with Crippen LogP contribution in [0.4, 0.5) is 0 Å². The molecule has 0 unspecified atom stereocenters.